The second-order valence-corrected chi connectivity index (χ2v) is 7.52. The number of nitrogens with zero attached hydrogens (tertiary/aromatic N) is 3. The lowest BCUT2D eigenvalue weighted by Gasteiger charge is -2.56. The van der Waals surface area contributed by atoms with Gasteiger partial charge in [0.15, 0.2) is 0 Å². The molecule has 3 aliphatic heterocycles. The second kappa shape index (κ2) is 7.21. The maximum atomic E-state index is 5.84. The summed E-state index contributed by atoms with van der Waals surface area (Å²) in [4.78, 5) is 9.63. The maximum Gasteiger partial charge on any atom is 0.119 e. The Kier molecular flexibility index (Phi) is 4.83. The van der Waals surface area contributed by atoms with Crippen molar-refractivity contribution in [2.45, 2.75) is 25.0 Å². The van der Waals surface area contributed by atoms with Gasteiger partial charge in [0.2, 0.25) is 0 Å². The van der Waals surface area contributed by atoms with Crippen LogP contribution in [0.3, 0.4) is 0 Å². The van der Waals surface area contributed by atoms with E-state index in [-0.39, 0.29) is 0 Å². The number of hydrogen-bond acceptors (Lipinski definition) is 4. The van der Waals surface area contributed by atoms with E-state index in [1.165, 1.54) is 6.42 Å². The van der Waals surface area contributed by atoms with E-state index in [1.807, 2.05) is 36.5 Å². The molecule has 5 rings (SSSR count). The average Bonchev–Trinajstić information content (AvgIpc) is 2.61. The van der Waals surface area contributed by atoms with Gasteiger partial charge in [0.25, 0.3) is 0 Å². The summed E-state index contributed by atoms with van der Waals surface area (Å²) in [5.41, 5.74) is 1.15. The Hall–Kier alpha value is -1.43. The third kappa shape index (κ3) is 3.63. The molecule has 126 valence electrons. The molecule has 1 aromatic carbocycles. The Bertz CT molecular complexity index is 652. The molecule has 3 aliphatic rings. The highest BCUT2D eigenvalue weighted by Crippen LogP contribution is 2.32. The van der Waals surface area contributed by atoms with Gasteiger partial charge in [0.1, 0.15) is 12.4 Å². The van der Waals surface area contributed by atoms with E-state index < -0.39 is 0 Å². The van der Waals surface area contributed by atoms with Crippen LogP contribution in [-0.4, -0.2) is 53.1 Å². The predicted octanol–water partition coefficient (Wildman–Crippen LogP) is 3.18. The largest absolute Gasteiger partial charge is 0.492 e. The quantitative estimate of drug-likeness (QED) is 0.760. The fourth-order valence-electron chi connectivity index (χ4n) is 3.78. The van der Waals surface area contributed by atoms with Gasteiger partial charge < -0.3 is 4.74 Å². The number of para-hydroxylation sites is 1. The number of benzene rings is 1. The molecule has 2 unspecified atom stereocenters. The summed E-state index contributed by atoms with van der Waals surface area (Å²) in [5.74, 6) is 0.964. The summed E-state index contributed by atoms with van der Waals surface area (Å²) in [6.07, 6.45) is 3.21. The molecular formula is C19H22BrN3O. The fourth-order valence-corrected chi connectivity index (χ4v) is 4.02. The van der Waals surface area contributed by atoms with Gasteiger partial charge in [0.05, 0.1) is 5.69 Å². The first kappa shape index (κ1) is 16.1. The summed E-state index contributed by atoms with van der Waals surface area (Å²) in [7, 11) is 0. The second-order valence-electron chi connectivity index (χ2n) is 6.60. The van der Waals surface area contributed by atoms with Crippen molar-refractivity contribution in [3.63, 3.8) is 0 Å². The number of fused-ring (bicyclic) bond motifs is 2. The standard InChI is InChI=1S/C19H22BrN3O/c20-15-6-7-16(21-11-15)12-22-13-17-10-18(14-22)23(17)8-9-24-19-4-2-1-3-5-19/h1-7,11,17-18H,8-10,12-14H2. The molecule has 0 amide bonds. The van der Waals surface area contributed by atoms with E-state index in [4.69, 9.17) is 4.74 Å². The van der Waals surface area contributed by atoms with Crippen molar-refractivity contribution in [3.05, 3.63) is 58.8 Å². The molecule has 4 heterocycles. The fraction of sp³-hybridized carbons (Fsp3) is 0.421. The Morgan fingerprint density at radius 3 is 2.58 bits per heavy atom. The number of ether oxygens (including phenoxy) is 1. The van der Waals surface area contributed by atoms with Gasteiger partial charge in [-0.1, -0.05) is 18.2 Å². The molecule has 2 atom stereocenters. The Balaban J connectivity index is 1.24. The summed E-state index contributed by atoms with van der Waals surface area (Å²) in [6.45, 7) is 5.02. The van der Waals surface area contributed by atoms with Gasteiger partial charge in [-0.25, -0.2) is 0 Å². The van der Waals surface area contributed by atoms with Crippen LogP contribution in [0.2, 0.25) is 0 Å². The van der Waals surface area contributed by atoms with Crippen LogP contribution in [0.4, 0.5) is 0 Å². The average molecular weight is 388 g/mol. The molecule has 0 radical (unpaired) electrons. The van der Waals surface area contributed by atoms with Gasteiger partial charge in [-0.15, -0.1) is 0 Å². The molecule has 4 nitrogen and oxygen atoms in total. The van der Waals surface area contributed by atoms with Crippen molar-refractivity contribution < 1.29 is 4.74 Å². The van der Waals surface area contributed by atoms with Crippen LogP contribution in [0.25, 0.3) is 0 Å². The van der Waals surface area contributed by atoms with Gasteiger partial charge in [-0.3, -0.25) is 14.8 Å². The van der Waals surface area contributed by atoms with Crippen LogP contribution in [0.15, 0.2) is 53.1 Å². The molecule has 0 saturated carbocycles. The van der Waals surface area contributed by atoms with Crippen molar-refractivity contribution in [2.75, 3.05) is 26.2 Å². The topological polar surface area (TPSA) is 28.6 Å². The molecule has 3 fully saturated rings. The van der Waals surface area contributed by atoms with Crippen molar-refractivity contribution in [1.82, 2.24) is 14.8 Å². The Morgan fingerprint density at radius 1 is 1.08 bits per heavy atom. The van der Waals surface area contributed by atoms with E-state index >= 15 is 0 Å². The molecule has 2 bridgehead atoms. The summed E-state index contributed by atoms with van der Waals surface area (Å²) in [5, 5.41) is 0. The lowest BCUT2D eigenvalue weighted by molar-refractivity contribution is -0.0763. The highest BCUT2D eigenvalue weighted by atomic mass is 79.9. The van der Waals surface area contributed by atoms with Crippen LogP contribution in [-0.2, 0) is 6.54 Å². The van der Waals surface area contributed by atoms with E-state index in [2.05, 4.69) is 42.8 Å². The molecule has 0 N–H and O–H groups in total. The smallest absolute Gasteiger partial charge is 0.119 e. The SMILES string of the molecule is Brc1ccc(CN2CC3CC(C2)N3CCOc2ccccc2)nc1. The highest BCUT2D eigenvalue weighted by molar-refractivity contribution is 9.10. The number of halogens is 1. The molecule has 1 aromatic heterocycles. The van der Waals surface area contributed by atoms with Crippen molar-refractivity contribution in [1.29, 1.82) is 0 Å². The number of piperazine rings is 1. The monoisotopic (exact) mass is 387 g/mol. The van der Waals surface area contributed by atoms with Crippen LogP contribution >= 0.6 is 15.9 Å². The van der Waals surface area contributed by atoms with E-state index in [0.29, 0.717) is 12.1 Å². The third-order valence-corrected chi connectivity index (χ3v) is 5.42. The molecule has 2 aromatic rings. The third-order valence-electron chi connectivity index (χ3n) is 4.96. The van der Waals surface area contributed by atoms with Crippen LogP contribution < -0.4 is 4.74 Å². The Morgan fingerprint density at radius 2 is 1.88 bits per heavy atom. The lowest BCUT2D eigenvalue weighted by atomic mass is 9.87. The lowest BCUT2D eigenvalue weighted by Crippen LogP contribution is -2.68. The number of piperidine rings is 1. The van der Waals surface area contributed by atoms with E-state index in [1.54, 1.807) is 0 Å². The molecule has 0 aliphatic carbocycles. The van der Waals surface area contributed by atoms with Crippen LogP contribution in [0.1, 0.15) is 12.1 Å². The summed E-state index contributed by atoms with van der Waals surface area (Å²) >= 11 is 3.44. The van der Waals surface area contributed by atoms with Crippen LogP contribution in [0, 0.1) is 0 Å². The predicted molar refractivity (Wildman–Crippen MR) is 98.1 cm³/mol. The zero-order valence-electron chi connectivity index (χ0n) is 13.6. The van der Waals surface area contributed by atoms with E-state index in [9.17, 15) is 0 Å². The number of rotatable bonds is 6. The first-order valence-electron chi connectivity index (χ1n) is 8.54. The number of aromatic nitrogens is 1. The number of hydrogen-bond donors (Lipinski definition) is 0. The minimum atomic E-state index is 0.679. The zero-order valence-corrected chi connectivity index (χ0v) is 15.2. The molecular weight excluding hydrogens is 366 g/mol. The van der Waals surface area contributed by atoms with Crippen molar-refractivity contribution in [3.8, 4) is 5.75 Å². The molecule has 5 heteroatoms. The summed E-state index contributed by atoms with van der Waals surface area (Å²) in [6, 6.07) is 15.6. The minimum absolute atomic E-state index is 0.679. The van der Waals surface area contributed by atoms with Crippen molar-refractivity contribution in [2.24, 2.45) is 0 Å². The number of pyridine rings is 1. The maximum absolute atomic E-state index is 5.84. The van der Waals surface area contributed by atoms with Crippen LogP contribution in [0.5, 0.6) is 5.75 Å². The first-order valence-corrected chi connectivity index (χ1v) is 9.33. The van der Waals surface area contributed by atoms with Gasteiger partial charge in [-0.05, 0) is 46.6 Å². The molecule has 3 saturated heterocycles. The summed E-state index contributed by atoms with van der Waals surface area (Å²) < 4.78 is 6.88. The highest BCUT2D eigenvalue weighted by Gasteiger charge is 2.43. The molecule has 0 spiro atoms. The van der Waals surface area contributed by atoms with E-state index in [0.717, 1.165) is 48.7 Å². The van der Waals surface area contributed by atoms with Crippen molar-refractivity contribution >= 4 is 15.9 Å². The normalized spacial score (nSPS) is 23.7. The van der Waals surface area contributed by atoms with Gasteiger partial charge in [-0.2, -0.15) is 0 Å². The molecule has 24 heavy (non-hydrogen) atoms. The first-order chi connectivity index (χ1) is 11.8. The van der Waals surface area contributed by atoms with Gasteiger partial charge >= 0.3 is 0 Å². The zero-order chi connectivity index (χ0) is 16.4. The Labute approximate surface area is 151 Å². The van der Waals surface area contributed by atoms with Gasteiger partial charge in [0, 0.05) is 48.9 Å². The minimum Gasteiger partial charge on any atom is -0.492 e.